The van der Waals surface area contributed by atoms with Crippen molar-refractivity contribution in [1.29, 1.82) is 0 Å². The van der Waals surface area contributed by atoms with Gasteiger partial charge in [-0.05, 0) is 66.0 Å². The number of aromatic hydroxyl groups is 1. The summed E-state index contributed by atoms with van der Waals surface area (Å²) in [5.41, 5.74) is 4.11. The third kappa shape index (κ3) is 6.38. The van der Waals surface area contributed by atoms with Crippen molar-refractivity contribution in [2.75, 3.05) is 51.0 Å². The van der Waals surface area contributed by atoms with Gasteiger partial charge in [0.1, 0.15) is 61.4 Å². The molecule has 0 bridgehead atoms. The fourth-order valence-electron chi connectivity index (χ4n) is 10.1. The number of rotatable bonds is 7. The molecule has 2 aromatic heterocycles. The summed E-state index contributed by atoms with van der Waals surface area (Å²) in [6.07, 6.45) is 1.88. The molecule has 0 unspecified atom stereocenters. The zero-order valence-electron chi connectivity index (χ0n) is 32.5. The van der Waals surface area contributed by atoms with Crippen molar-refractivity contribution in [2.45, 2.75) is 102 Å². The minimum Gasteiger partial charge on any atom is -0.508 e. The summed E-state index contributed by atoms with van der Waals surface area (Å²) in [7, 11) is -2.31. The molecule has 292 valence electrons. The monoisotopic (exact) mass is 773 g/mol. The first-order chi connectivity index (χ1) is 26.3. The van der Waals surface area contributed by atoms with Gasteiger partial charge in [-0.1, -0.05) is 53.5 Å². The van der Waals surface area contributed by atoms with E-state index < -0.39 is 31.4 Å². The number of pyridine rings is 1. The van der Waals surface area contributed by atoms with Gasteiger partial charge in [-0.15, -0.1) is 5.54 Å². The molecule has 4 aliphatic heterocycles. The van der Waals surface area contributed by atoms with Crippen LogP contribution in [0.2, 0.25) is 16.6 Å². The van der Waals surface area contributed by atoms with Crippen molar-refractivity contribution in [2.24, 2.45) is 0 Å². The Morgan fingerprint density at radius 3 is 2.55 bits per heavy atom. The smallest absolute Gasteiger partial charge is 0.319 e. The highest BCUT2D eigenvalue weighted by molar-refractivity contribution is 6.90. The van der Waals surface area contributed by atoms with Gasteiger partial charge in [0.25, 0.3) is 0 Å². The van der Waals surface area contributed by atoms with Gasteiger partial charge in [-0.2, -0.15) is 9.97 Å². The van der Waals surface area contributed by atoms with Crippen LogP contribution in [0.3, 0.4) is 0 Å². The van der Waals surface area contributed by atoms with E-state index in [0.29, 0.717) is 71.3 Å². The van der Waals surface area contributed by atoms with Crippen LogP contribution in [-0.4, -0.2) is 96.8 Å². The first-order valence-corrected chi connectivity index (χ1v) is 21.9. The Hall–Kier alpha value is -4.12. The molecule has 4 aromatic rings. The van der Waals surface area contributed by atoms with E-state index >= 15 is 8.78 Å². The van der Waals surface area contributed by atoms with E-state index in [9.17, 15) is 9.50 Å². The average molecular weight is 774 g/mol. The van der Waals surface area contributed by atoms with Crippen LogP contribution in [0.4, 0.5) is 19.0 Å². The number of fused-ring (bicyclic) bond motifs is 4. The minimum atomic E-state index is -2.31. The van der Waals surface area contributed by atoms with Crippen LogP contribution < -0.4 is 14.4 Å². The molecular formula is C42H50F3N5O4Si. The first kappa shape index (κ1) is 37.8. The van der Waals surface area contributed by atoms with Gasteiger partial charge in [0.05, 0.1) is 23.8 Å². The SMILES string of the molecule is CC(C)[Si](C#Cc1c(F)ccc2cc(O)cc(-c3nc4c5c(nc(OC[C@@]67CCCN6C[C@H](F)C7)nc5c3F)N3CCCOC[C@@H]3CO4)c12)(C(C)C)C(C)C. The Labute approximate surface area is 321 Å². The number of phenols is 1. The predicted molar refractivity (Wildman–Crippen MR) is 210 cm³/mol. The molecule has 0 amide bonds. The summed E-state index contributed by atoms with van der Waals surface area (Å²) in [5.74, 6) is 2.33. The lowest BCUT2D eigenvalue weighted by Crippen LogP contribution is -2.43. The lowest BCUT2D eigenvalue weighted by Gasteiger charge is -2.38. The summed E-state index contributed by atoms with van der Waals surface area (Å²) >= 11 is 0. The van der Waals surface area contributed by atoms with Crippen molar-refractivity contribution in [3.63, 3.8) is 0 Å². The van der Waals surface area contributed by atoms with Gasteiger partial charge in [0, 0.05) is 37.1 Å². The number of ether oxygens (including phenoxy) is 3. The largest absolute Gasteiger partial charge is 0.508 e. The molecule has 3 fully saturated rings. The molecule has 3 saturated heterocycles. The number of anilines is 1. The van der Waals surface area contributed by atoms with Crippen LogP contribution in [0.1, 0.15) is 72.8 Å². The maximum absolute atomic E-state index is 17.5. The van der Waals surface area contributed by atoms with Gasteiger partial charge >= 0.3 is 6.01 Å². The summed E-state index contributed by atoms with van der Waals surface area (Å²) in [4.78, 5) is 18.5. The highest BCUT2D eigenvalue weighted by Crippen LogP contribution is 2.45. The van der Waals surface area contributed by atoms with E-state index in [-0.39, 0.29) is 59.2 Å². The summed E-state index contributed by atoms with van der Waals surface area (Å²) in [5, 5.41) is 12.1. The van der Waals surface area contributed by atoms with Crippen LogP contribution >= 0.6 is 0 Å². The van der Waals surface area contributed by atoms with Gasteiger partial charge in [0.2, 0.25) is 5.88 Å². The lowest BCUT2D eigenvalue weighted by atomic mass is 9.95. The normalized spacial score (nSPS) is 22.8. The molecule has 6 heterocycles. The fraction of sp³-hybridized carbons (Fsp3) is 0.548. The molecule has 4 aliphatic rings. The van der Waals surface area contributed by atoms with Crippen LogP contribution in [0.15, 0.2) is 24.3 Å². The standard InChI is InChI=1S/C42H50F3N5O4Si/c1-24(2)55(25(3)4,26(5)6)16-11-31-33(44)10-9-27-17-30(51)18-32(34(27)31)37-36(45)38-35-39(50-14-8-15-52-21-29(50)22-53-40(35)46-37)48-41(47-38)54-23-42-12-7-13-49(42)20-28(43)19-42/h9-10,17-18,24-26,28-29,51H,7-8,12-15,19-23H2,1-6H3/t28-,29-,42+/m1/s1. The van der Waals surface area contributed by atoms with E-state index in [1.165, 1.54) is 18.2 Å². The van der Waals surface area contributed by atoms with Gasteiger partial charge in [0.15, 0.2) is 5.82 Å². The second-order valence-electron chi connectivity index (χ2n) is 16.7. The fourth-order valence-corrected chi connectivity index (χ4v) is 15.3. The van der Waals surface area contributed by atoms with Gasteiger partial charge in [-0.3, -0.25) is 4.90 Å². The minimum absolute atomic E-state index is 0.0328. The van der Waals surface area contributed by atoms with Crippen molar-refractivity contribution in [3.8, 4) is 40.4 Å². The Morgan fingerprint density at radius 1 is 1.00 bits per heavy atom. The molecule has 0 aliphatic carbocycles. The molecule has 8 rings (SSSR count). The van der Waals surface area contributed by atoms with Crippen LogP contribution in [0, 0.1) is 23.1 Å². The third-order valence-electron chi connectivity index (χ3n) is 12.6. The molecule has 1 N–H and O–H groups in total. The van der Waals surface area contributed by atoms with Crippen LogP contribution in [0.5, 0.6) is 17.6 Å². The Balaban J connectivity index is 1.34. The summed E-state index contributed by atoms with van der Waals surface area (Å²) in [6, 6.07) is 5.54. The quantitative estimate of drug-likeness (QED) is 0.147. The van der Waals surface area contributed by atoms with E-state index in [2.05, 4.69) is 67.8 Å². The second kappa shape index (κ2) is 14.4. The average Bonchev–Trinajstić information content (AvgIpc) is 3.49. The number of aromatic nitrogens is 3. The van der Waals surface area contributed by atoms with Crippen molar-refractivity contribution >= 4 is 35.6 Å². The van der Waals surface area contributed by atoms with E-state index in [1.807, 2.05) is 0 Å². The van der Waals surface area contributed by atoms with Crippen molar-refractivity contribution in [3.05, 3.63) is 41.5 Å². The molecule has 2 aromatic carbocycles. The highest BCUT2D eigenvalue weighted by Gasteiger charge is 2.49. The number of halogens is 3. The molecule has 13 heteroatoms. The maximum atomic E-state index is 17.5. The lowest BCUT2D eigenvalue weighted by molar-refractivity contribution is 0.107. The zero-order chi connectivity index (χ0) is 38.8. The molecule has 55 heavy (non-hydrogen) atoms. The van der Waals surface area contributed by atoms with Gasteiger partial charge < -0.3 is 24.2 Å². The number of nitrogens with zero attached hydrogens (tertiary/aromatic N) is 5. The summed E-state index contributed by atoms with van der Waals surface area (Å²) in [6.45, 7) is 16.2. The Morgan fingerprint density at radius 2 is 1.78 bits per heavy atom. The Bertz CT molecular complexity index is 2190. The number of phenolic OH excluding ortho intramolecular Hbond substituents is 1. The first-order valence-electron chi connectivity index (χ1n) is 19.7. The molecule has 9 nitrogen and oxygen atoms in total. The summed E-state index contributed by atoms with van der Waals surface area (Å²) < 4.78 is 66.9. The van der Waals surface area contributed by atoms with Crippen molar-refractivity contribution in [1.82, 2.24) is 19.9 Å². The number of benzene rings is 2. The van der Waals surface area contributed by atoms with E-state index in [1.54, 1.807) is 6.07 Å². The number of hydrogen-bond acceptors (Lipinski definition) is 9. The van der Waals surface area contributed by atoms with Crippen LogP contribution in [0.25, 0.3) is 32.9 Å². The molecular weight excluding hydrogens is 724 g/mol. The van der Waals surface area contributed by atoms with Crippen LogP contribution in [-0.2, 0) is 4.74 Å². The zero-order valence-corrected chi connectivity index (χ0v) is 33.5. The number of alkyl halides is 1. The number of hydrogen-bond donors (Lipinski definition) is 1. The van der Waals surface area contributed by atoms with Gasteiger partial charge in [-0.25, -0.2) is 18.2 Å². The predicted octanol–water partition coefficient (Wildman–Crippen LogP) is 8.34. The second-order valence-corrected chi connectivity index (χ2v) is 22.3. The maximum Gasteiger partial charge on any atom is 0.319 e. The Kier molecular flexibility index (Phi) is 9.91. The highest BCUT2D eigenvalue weighted by atomic mass is 28.3. The van der Waals surface area contributed by atoms with E-state index in [4.69, 9.17) is 24.2 Å². The van der Waals surface area contributed by atoms with E-state index in [0.717, 1.165) is 25.8 Å². The molecule has 3 atom stereocenters. The molecule has 0 saturated carbocycles. The molecule has 0 radical (unpaired) electrons. The third-order valence-corrected chi connectivity index (χ3v) is 18.9. The topological polar surface area (TPSA) is 93.1 Å². The molecule has 0 spiro atoms. The van der Waals surface area contributed by atoms with Crippen molar-refractivity contribution < 1.29 is 32.5 Å².